The summed E-state index contributed by atoms with van der Waals surface area (Å²) in [6, 6.07) is 14.0. The smallest absolute Gasteiger partial charge is 0.345 e. The Bertz CT molecular complexity index is 1200. The third-order valence-electron chi connectivity index (χ3n) is 4.55. The van der Waals surface area contributed by atoms with Crippen molar-refractivity contribution in [2.24, 2.45) is 5.10 Å². The van der Waals surface area contributed by atoms with E-state index in [0.29, 0.717) is 33.6 Å². The number of carbonyl (C=O) groups excluding carboxylic acids is 2. The molecule has 0 saturated carbocycles. The number of hydrazone groups is 1. The lowest BCUT2D eigenvalue weighted by atomic mass is 10.1. The highest BCUT2D eigenvalue weighted by Gasteiger charge is 2.17. The molecule has 3 rings (SSSR count). The molecule has 0 radical (unpaired) electrons. The maximum atomic E-state index is 12.5. The van der Waals surface area contributed by atoms with Crippen molar-refractivity contribution < 1.29 is 28.5 Å². The Morgan fingerprint density at radius 2 is 1.53 bits per heavy atom. The Hall–Kier alpha value is -3.75. The van der Waals surface area contributed by atoms with Crippen LogP contribution in [0.1, 0.15) is 26.3 Å². The summed E-state index contributed by atoms with van der Waals surface area (Å²) in [6.45, 7) is 0. The number of ether oxygens (including phenoxy) is 4. The van der Waals surface area contributed by atoms with Gasteiger partial charge < -0.3 is 18.9 Å². The Kier molecular flexibility index (Phi) is 8.34. The van der Waals surface area contributed by atoms with Crippen molar-refractivity contribution in [2.45, 2.75) is 0 Å². The predicted molar refractivity (Wildman–Crippen MR) is 129 cm³/mol. The Morgan fingerprint density at radius 3 is 2.09 bits per heavy atom. The number of halogens is 2. The number of nitrogens with one attached hydrogen (secondary N) is 1. The minimum Gasteiger partial charge on any atom is -0.493 e. The maximum Gasteiger partial charge on any atom is 0.345 e. The molecule has 0 saturated heterocycles. The second-order valence-electron chi connectivity index (χ2n) is 6.70. The van der Waals surface area contributed by atoms with E-state index in [1.807, 2.05) is 0 Å². The molecule has 1 amide bonds. The van der Waals surface area contributed by atoms with Gasteiger partial charge >= 0.3 is 5.97 Å². The van der Waals surface area contributed by atoms with Gasteiger partial charge in [-0.3, -0.25) is 4.79 Å². The molecular weight excluding hydrogens is 483 g/mol. The lowest BCUT2D eigenvalue weighted by Crippen LogP contribution is -2.18. The molecular formula is C24H20Cl2N2O6. The van der Waals surface area contributed by atoms with Gasteiger partial charge in [-0.25, -0.2) is 10.2 Å². The van der Waals surface area contributed by atoms with Crippen LogP contribution in [0.5, 0.6) is 23.0 Å². The molecule has 0 aliphatic carbocycles. The summed E-state index contributed by atoms with van der Waals surface area (Å²) >= 11 is 11.9. The predicted octanol–water partition coefficient (Wildman–Crippen LogP) is 5.00. The first-order valence-electron chi connectivity index (χ1n) is 9.77. The number of hydrogen-bond donors (Lipinski definition) is 1. The Labute approximate surface area is 206 Å². The van der Waals surface area contributed by atoms with E-state index in [-0.39, 0.29) is 16.1 Å². The quantitative estimate of drug-likeness (QED) is 0.201. The van der Waals surface area contributed by atoms with Gasteiger partial charge in [-0.15, -0.1) is 0 Å². The number of nitrogens with zero attached hydrogens (tertiary/aromatic N) is 1. The average molecular weight is 503 g/mol. The summed E-state index contributed by atoms with van der Waals surface area (Å²) in [7, 11) is 4.40. The molecule has 8 nitrogen and oxygen atoms in total. The molecule has 0 atom stereocenters. The summed E-state index contributed by atoms with van der Waals surface area (Å²) < 4.78 is 21.1. The zero-order valence-electron chi connectivity index (χ0n) is 18.4. The molecule has 0 aliphatic heterocycles. The molecule has 3 aromatic carbocycles. The highest BCUT2D eigenvalue weighted by molar-refractivity contribution is 6.36. The Morgan fingerprint density at radius 1 is 0.882 bits per heavy atom. The van der Waals surface area contributed by atoms with E-state index in [9.17, 15) is 9.59 Å². The van der Waals surface area contributed by atoms with Crippen LogP contribution in [-0.2, 0) is 0 Å². The van der Waals surface area contributed by atoms with Crippen molar-refractivity contribution in [1.82, 2.24) is 5.43 Å². The van der Waals surface area contributed by atoms with Crippen molar-refractivity contribution in [1.29, 1.82) is 0 Å². The lowest BCUT2D eigenvalue weighted by Gasteiger charge is -2.13. The molecule has 3 aromatic rings. The van der Waals surface area contributed by atoms with Gasteiger partial charge in [-0.05, 0) is 60.2 Å². The first-order chi connectivity index (χ1) is 16.4. The minimum absolute atomic E-state index is 0.198. The first-order valence-corrected chi connectivity index (χ1v) is 10.5. The fourth-order valence-electron chi connectivity index (χ4n) is 2.88. The van der Waals surface area contributed by atoms with Gasteiger partial charge in [0.25, 0.3) is 5.91 Å². The van der Waals surface area contributed by atoms with Crippen LogP contribution in [0.2, 0.25) is 10.0 Å². The van der Waals surface area contributed by atoms with Gasteiger partial charge in [-0.1, -0.05) is 23.2 Å². The number of rotatable bonds is 8. The van der Waals surface area contributed by atoms with E-state index in [1.54, 1.807) is 30.3 Å². The summed E-state index contributed by atoms with van der Waals surface area (Å²) in [5.74, 6) is 0.308. The molecule has 0 bridgehead atoms. The van der Waals surface area contributed by atoms with Gasteiger partial charge in [0.2, 0.25) is 5.75 Å². The summed E-state index contributed by atoms with van der Waals surface area (Å²) in [5.41, 5.74) is 3.57. The number of esters is 1. The molecule has 34 heavy (non-hydrogen) atoms. The largest absolute Gasteiger partial charge is 0.493 e. The first kappa shape index (κ1) is 24.9. The average Bonchev–Trinajstić information content (AvgIpc) is 2.83. The topological polar surface area (TPSA) is 95.5 Å². The van der Waals surface area contributed by atoms with E-state index in [2.05, 4.69) is 10.5 Å². The summed E-state index contributed by atoms with van der Waals surface area (Å²) in [5, 5.41) is 4.57. The van der Waals surface area contributed by atoms with Crippen LogP contribution >= 0.6 is 23.2 Å². The van der Waals surface area contributed by atoms with Crippen molar-refractivity contribution >= 4 is 41.3 Å². The van der Waals surface area contributed by atoms with E-state index in [0.717, 1.165) is 0 Å². The Balaban J connectivity index is 1.63. The second-order valence-corrected chi connectivity index (χ2v) is 7.54. The van der Waals surface area contributed by atoms with Crippen molar-refractivity contribution in [3.8, 4) is 23.0 Å². The maximum absolute atomic E-state index is 12.5. The van der Waals surface area contributed by atoms with Crippen LogP contribution in [0.15, 0.2) is 59.7 Å². The van der Waals surface area contributed by atoms with E-state index < -0.39 is 11.9 Å². The number of methoxy groups -OCH3 is 3. The number of amides is 1. The van der Waals surface area contributed by atoms with Gasteiger partial charge in [0.1, 0.15) is 5.75 Å². The van der Waals surface area contributed by atoms with Gasteiger partial charge in [0.15, 0.2) is 11.5 Å². The highest BCUT2D eigenvalue weighted by Crippen LogP contribution is 2.38. The molecule has 0 fully saturated rings. The zero-order valence-corrected chi connectivity index (χ0v) is 19.9. The molecule has 0 heterocycles. The highest BCUT2D eigenvalue weighted by atomic mass is 35.5. The van der Waals surface area contributed by atoms with Crippen LogP contribution in [0.3, 0.4) is 0 Å². The number of benzene rings is 3. The van der Waals surface area contributed by atoms with Crippen molar-refractivity contribution in [3.63, 3.8) is 0 Å². The van der Waals surface area contributed by atoms with Gasteiger partial charge in [-0.2, -0.15) is 5.10 Å². The third-order valence-corrected chi connectivity index (χ3v) is 5.10. The molecule has 0 aromatic heterocycles. The van der Waals surface area contributed by atoms with E-state index in [4.69, 9.17) is 42.1 Å². The van der Waals surface area contributed by atoms with Gasteiger partial charge in [0.05, 0.1) is 38.1 Å². The third kappa shape index (κ3) is 5.98. The molecule has 0 aliphatic rings. The summed E-state index contributed by atoms with van der Waals surface area (Å²) in [4.78, 5) is 24.8. The summed E-state index contributed by atoms with van der Waals surface area (Å²) in [6.07, 6.45) is 1.44. The lowest BCUT2D eigenvalue weighted by molar-refractivity contribution is 0.0734. The molecule has 0 unspecified atom stereocenters. The van der Waals surface area contributed by atoms with Crippen LogP contribution in [0.25, 0.3) is 0 Å². The minimum atomic E-state index is -0.610. The van der Waals surface area contributed by atoms with Crippen molar-refractivity contribution in [2.75, 3.05) is 21.3 Å². The SMILES string of the molecule is COc1cc(C(=O)NN=Cc2ccc(OC(=O)c3ccc(Cl)cc3Cl)cc2)cc(OC)c1OC. The standard InChI is InChI=1S/C24H20Cl2N2O6/c1-31-20-10-15(11-21(32-2)22(20)33-3)23(29)28-27-13-14-4-7-17(8-5-14)34-24(30)18-9-6-16(25)12-19(18)26/h4-13H,1-3H3,(H,28,29). The molecule has 1 N–H and O–H groups in total. The normalized spacial score (nSPS) is 10.6. The van der Waals surface area contributed by atoms with E-state index >= 15 is 0 Å². The van der Waals surface area contributed by atoms with Gasteiger partial charge in [0, 0.05) is 10.6 Å². The van der Waals surface area contributed by atoms with Crippen molar-refractivity contribution in [3.05, 3.63) is 81.3 Å². The molecule has 176 valence electrons. The second kappa shape index (κ2) is 11.4. The monoisotopic (exact) mass is 502 g/mol. The van der Waals surface area contributed by atoms with Crippen LogP contribution < -0.4 is 24.4 Å². The molecule has 0 spiro atoms. The van der Waals surface area contributed by atoms with Crippen LogP contribution in [0.4, 0.5) is 0 Å². The fraction of sp³-hybridized carbons (Fsp3) is 0.125. The molecule has 10 heteroatoms. The zero-order chi connectivity index (χ0) is 24.7. The fourth-order valence-corrected chi connectivity index (χ4v) is 3.37. The number of hydrogen-bond acceptors (Lipinski definition) is 7. The van der Waals surface area contributed by atoms with E-state index in [1.165, 1.54) is 51.8 Å². The number of carbonyl (C=O) groups is 2. The van der Waals surface area contributed by atoms with Crippen LogP contribution in [0, 0.1) is 0 Å². The van der Waals surface area contributed by atoms with Crippen LogP contribution in [-0.4, -0.2) is 39.4 Å².